The number of carbonyl (C=O) groups is 3. The van der Waals surface area contributed by atoms with Gasteiger partial charge in [-0.3, -0.25) is 19.3 Å². The van der Waals surface area contributed by atoms with Gasteiger partial charge < -0.3 is 9.80 Å². The van der Waals surface area contributed by atoms with Gasteiger partial charge in [0.1, 0.15) is 0 Å². The standard InChI is InChI=1S/C17H21N3O3/c1-18-8-6-12(7-9-18)19(2)15(21)11-4-5-13-14(10-11)17(23)20(3)16(13)22/h4-5,10,12H,6-9H2,1-3H3. The number of rotatable bonds is 2. The molecule has 2 heterocycles. The second-order valence-corrected chi connectivity index (χ2v) is 6.38. The Labute approximate surface area is 135 Å². The molecule has 1 aromatic carbocycles. The van der Waals surface area contributed by atoms with Crippen molar-refractivity contribution in [3.63, 3.8) is 0 Å². The maximum atomic E-state index is 12.7. The Bertz CT molecular complexity index is 678. The number of nitrogens with zero attached hydrogens (tertiary/aromatic N) is 3. The molecule has 3 rings (SSSR count). The van der Waals surface area contributed by atoms with Crippen molar-refractivity contribution >= 4 is 17.7 Å². The zero-order chi connectivity index (χ0) is 16.7. The summed E-state index contributed by atoms with van der Waals surface area (Å²) < 4.78 is 0. The molecule has 0 aromatic heterocycles. The summed E-state index contributed by atoms with van der Waals surface area (Å²) in [6.45, 7) is 1.95. The van der Waals surface area contributed by atoms with Crippen LogP contribution in [0.3, 0.4) is 0 Å². The summed E-state index contributed by atoms with van der Waals surface area (Å²) in [6, 6.07) is 4.98. The molecule has 122 valence electrons. The van der Waals surface area contributed by atoms with Crippen molar-refractivity contribution in [2.45, 2.75) is 18.9 Å². The number of hydrogen-bond donors (Lipinski definition) is 0. The number of benzene rings is 1. The highest BCUT2D eigenvalue weighted by atomic mass is 16.2. The first-order valence-corrected chi connectivity index (χ1v) is 7.82. The van der Waals surface area contributed by atoms with Crippen LogP contribution in [0.25, 0.3) is 0 Å². The average molecular weight is 315 g/mol. The van der Waals surface area contributed by atoms with E-state index >= 15 is 0 Å². The molecule has 3 amide bonds. The molecule has 0 atom stereocenters. The Morgan fingerprint density at radius 3 is 2.35 bits per heavy atom. The van der Waals surface area contributed by atoms with Crippen LogP contribution in [-0.4, -0.2) is 72.7 Å². The Kier molecular flexibility index (Phi) is 3.93. The minimum absolute atomic E-state index is 0.0999. The Morgan fingerprint density at radius 2 is 1.70 bits per heavy atom. The SMILES string of the molecule is CN1CCC(N(C)C(=O)c2ccc3c(c2)C(=O)N(C)C3=O)CC1. The van der Waals surface area contributed by atoms with Crippen molar-refractivity contribution in [3.05, 3.63) is 34.9 Å². The first kappa shape index (κ1) is 15.7. The van der Waals surface area contributed by atoms with E-state index in [-0.39, 0.29) is 23.8 Å². The number of fused-ring (bicyclic) bond motifs is 1. The molecule has 0 saturated carbocycles. The highest BCUT2D eigenvalue weighted by Gasteiger charge is 2.34. The second kappa shape index (κ2) is 5.77. The Morgan fingerprint density at radius 1 is 1.09 bits per heavy atom. The summed E-state index contributed by atoms with van der Waals surface area (Å²) >= 11 is 0. The molecule has 2 aliphatic rings. The van der Waals surface area contributed by atoms with Gasteiger partial charge in [-0.05, 0) is 51.2 Å². The minimum Gasteiger partial charge on any atom is -0.339 e. The molecule has 2 aliphatic heterocycles. The number of imide groups is 1. The van der Waals surface area contributed by atoms with Crippen LogP contribution in [0.1, 0.15) is 43.9 Å². The lowest BCUT2D eigenvalue weighted by Gasteiger charge is -2.35. The lowest BCUT2D eigenvalue weighted by Crippen LogP contribution is -2.44. The third-order valence-electron chi connectivity index (χ3n) is 4.89. The number of carbonyl (C=O) groups excluding carboxylic acids is 3. The minimum atomic E-state index is -0.346. The van der Waals surface area contributed by atoms with Crippen LogP contribution in [0, 0.1) is 0 Å². The van der Waals surface area contributed by atoms with E-state index in [0.29, 0.717) is 16.7 Å². The molecule has 0 aliphatic carbocycles. The van der Waals surface area contributed by atoms with Crippen molar-refractivity contribution < 1.29 is 14.4 Å². The van der Waals surface area contributed by atoms with Gasteiger partial charge in [0.2, 0.25) is 0 Å². The fourth-order valence-electron chi connectivity index (χ4n) is 3.25. The van der Waals surface area contributed by atoms with E-state index in [9.17, 15) is 14.4 Å². The largest absolute Gasteiger partial charge is 0.339 e. The lowest BCUT2D eigenvalue weighted by atomic mass is 10.0. The number of likely N-dealkylation sites (tertiary alicyclic amines) is 1. The van der Waals surface area contributed by atoms with Crippen LogP contribution in [0.4, 0.5) is 0 Å². The fraction of sp³-hybridized carbons (Fsp3) is 0.471. The fourth-order valence-corrected chi connectivity index (χ4v) is 3.25. The van der Waals surface area contributed by atoms with Crippen molar-refractivity contribution in [2.75, 3.05) is 34.2 Å². The summed E-state index contributed by atoms with van der Waals surface area (Å²) in [7, 11) is 5.35. The third kappa shape index (κ3) is 2.63. The number of piperidine rings is 1. The zero-order valence-corrected chi connectivity index (χ0v) is 13.7. The molecule has 6 heteroatoms. The van der Waals surface area contributed by atoms with Crippen molar-refractivity contribution in [3.8, 4) is 0 Å². The topological polar surface area (TPSA) is 60.9 Å². The zero-order valence-electron chi connectivity index (χ0n) is 13.7. The van der Waals surface area contributed by atoms with E-state index in [2.05, 4.69) is 11.9 Å². The van der Waals surface area contributed by atoms with E-state index in [1.807, 2.05) is 7.05 Å². The highest BCUT2D eigenvalue weighted by Crippen LogP contribution is 2.24. The second-order valence-electron chi connectivity index (χ2n) is 6.38. The smallest absolute Gasteiger partial charge is 0.261 e. The molecular formula is C17H21N3O3. The molecule has 1 fully saturated rings. The van der Waals surface area contributed by atoms with E-state index in [1.165, 1.54) is 7.05 Å². The Balaban J connectivity index is 1.81. The molecule has 0 radical (unpaired) electrons. The third-order valence-corrected chi connectivity index (χ3v) is 4.89. The van der Waals surface area contributed by atoms with Gasteiger partial charge in [0, 0.05) is 25.7 Å². The van der Waals surface area contributed by atoms with Crippen molar-refractivity contribution in [2.24, 2.45) is 0 Å². The predicted octanol–water partition coefficient (Wildman–Crippen LogP) is 1.08. The van der Waals surface area contributed by atoms with Crippen LogP contribution in [0.2, 0.25) is 0 Å². The molecule has 0 N–H and O–H groups in total. The monoisotopic (exact) mass is 315 g/mol. The van der Waals surface area contributed by atoms with E-state index in [0.717, 1.165) is 30.8 Å². The van der Waals surface area contributed by atoms with E-state index in [1.54, 1.807) is 23.1 Å². The quantitative estimate of drug-likeness (QED) is 0.766. The Hall–Kier alpha value is -2.21. The maximum Gasteiger partial charge on any atom is 0.261 e. The highest BCUT2D eigenvalue weighted by molar-refractivity contribution is 6.21. The molecule has 6 nitrogen and oxygen atoms in total. The predicted molar refractivity (Wildman–Crippen MR) is 85.5 cm³/mol. The molecule has 1 aromatic rings. The van der Waals surface area contributed by atoms with Crippen LogP contribution >= 0.6 is 0 Å². The van der Waals surface area contributed by atoms with Gasteiger partial charge in [-0.25, -0.2) is 0 Å². The van der Waals surface area contributed by atoms with E-state index in [4.69, 9.17) is 0 Å². The molecule has 0 bridgehead atoms. The van der Waals surface area contributed by atoms with Gasteiger partial charge >= 0.3 is 0 Å². The first-order valence-electron chi connectivity index (χ1n) is 7.82. The van der Waals surface area contributed by atoms with Gasteiger partial charge in [0.15, 0.2) is 0 Å². The van der Waals surface area contributed by atoms with Gasteiger partial charge in [-0.15, -0.1) is 0 Å². The van der Waals surface area contributed by atoms with Crippen molar-refractivity contribution in [1.82, 2.24) is 14.7 Å². The van der Waals surface area contributed by atoms with Crippen LogP contribution in [0.15, 0.2) is 18.2 Å². The lowest BCUT2D eigenvalue weighted by molar-refractivity contribution is 0.0658. The summed E-state index contributed by atoms with van der Waals surface area (Å²) in [5.41, 5.74) is 1.15. The number of amides is 3. The maximum absolute atomic E-state index is 12.7. The van der Waals surface area contributed by atoms with Crippen molar-refractivity contribution in [1.29, 1.82) is 0 Å². The summed E-state index contributed by atoms with van der Waals surface area (Å²) in [5, 5.41) is 0. The molecule has 1 saturated heterocycles. The molecule has 0 spiro atoms. The van der Waals surface area contributed by atoms with Gasteiger partial charge in [-0.1, -0.05) is 0 Å². The van der Waals surface area contributed by atoms with Crippen LogP contribution < -0.4 is 0 Å². The molecule has 23 heavy (non-hydrogen) atoms. The van der Waals surface area contributed by atoms with Gasteiger partial charge in [-0.2, -0.15) is 0 Å². The normalized spacial score (nSPS) is 19.2. The first-order chi connectivity index (χ1) is 10.9. The summed E-state index contributed by atoms with van der Waals surface area (Å²) in [4.78, 5) is 41.8. The van der Waals surface area contributed by atoms with Gasteiger partial charge in [0.25, 0.3) is 17.7 Å². The summed E-state index contributed by atoms with van der Waals surface area (Å²) in [6.07, 6.45) is 1.90. The van der Waals surface area contributed by atoms with Crippen LogP contribution in [-0.2, 0) is 0 Å². The van der Waals surface area contributed by atoms with Crippen LogP contribution in [0.5, 0.6) is 0 Å². The molecule has 0 unspecified atom stereocenters. The van der Waals surface area contributed by atoms with E-state index < -0.39 is 0 Å². The summed E-state index contributed by atoms with van der Waals surface area (Å²) in [5.74, 6) is -0.758. The molecular weight excluding hydrogens is 294 g/mol. The number of hydrogen-bond acceptors (Lipinski definition) is 4. The van der Waals surface area contributed by atoms with Gasteiger partial charge in [0.05, 0.1) is 11.1 Å². The average Bonchev–Trinajstić information content (AvgIpc) is 2.78.